The second-order valence-electron chi connectivity index (χ2n) is 7.03. The van der Waals surface area contributed by atoms with Gasteiger partial charge in [-0.1, -0.05) is 13.8 Å². The molecule has 2 rings (SSSR count). The minimum Gasteiger partial charge on any atom is -0.324 e. The predicted octanol–water partition coefficient (Wildman–Crippen LogP) is 1.44. The predicted molar refractivity (Wildman–Crippen MR) is 73.0 cm³/mol. The molecule has 2 fully saturated rings. The van der Waals surface area contributed by atoms with Crippen LogP contribution in [0, 0.1) is 11.3 Å². The molecule has 1 heterocycles. The fraction of sp³-hybridized carbons (Fsp3) is 1.00. The number of nitrogens with zero attached hydrogens (tertiary/aromatic N) is 1. The highest BCUT2D eigenvalue weighted by Crippen LogP contribution is 2.35. The number of likely N-dealkylation sites (tertiary alicyclic amines) is 1. The average molecular weight is 239 g/mol. The smallest absolute Gasteiger partial charge is 0.0282 e. The van der Waals surface area contributed by atoms with E-state index in [0.29, 0.717) is 5.41 Å². The van der Waals surface area contributed by atoms with E-state index in [1.165, 1.54) is 38.8 Å². The zero-order valence-electron chi connectivity index (χ0n) is 11.8. The number of nitrogens with two attached hydrogens (primary N) is 1. The molecule has 100 valence electrons. The molecule has 0 aromatic heterocycles. The first-order chi connectivity index (χ1) is 7.91. The van der Waals surface area contributed by atoms with Gasteiger partial charge in [-0.05, 0) is 57.2 Å². The molecular weight excluding hydrogens is 210 g/mol. The van der Waals surface area contributed by atoms with Crippen LogP contribution in [0.5, 0.6) is 0 Å². The van der Waals surface area contributed by atoms with E-state index in [9.17, 15) is 0 Å². The number of nitrogens with one attached hydrogen (secondary N) is 1. The third-order valence-corrected chi connectivity index (χ3v) is 4.77. The molecule has 17 heavy (non-hydrogen) atoms. The van der Waals surface area contributed by atoms with Crippen LogP contribution >= 0.6 is 0 Å². The van der Waals surface area contributed by atoms with Gasteiger partial charge in [-0.3, -0.25) is 0 Å². The van der Waals surface area contributed by atoms with Crippen molar-refractivity contribution in [2.75, 3.05) is 33.2 Å². The van der Waals surface area contributed by atoms with E-state index in [2.05, 4.69) is 31.1 Å². The van der Waals surface area contributed by atoms with Crippen molar-refractivity contribution in [2.24, 2.45) is 17.1 Å². The molecule has 1 saturated heterocycles. The summed E-state index contributed by atoms with van der Waals surface area (Å²) in [5.41, 5.74) is 6.65. The summed E-state index contributed by atoms with van der Waals surface area (Å²) < 4.78 is 0. The number of piperidine rings is 1. The van der Waals surface area contributed by atoms with Crippen molar-refractivity contribution < 1.29 is 0 Å². The van der Waals surface area contributed by atoms with Crippen molar-refractivity contribution in [3.63, 3.8) is 0 Å². The highest BCUT2D eigenvalue weighted by molar-refractivity contribution is 5.00. The summed E-state index contributed by atoms with van der Waals surface area (Å²) in [6.45, 7) is 9.45. The van der Waals surface area contributed by atoms with Crippen LogP contribution in [-0.4, -0.2) is 43.7 Å². The standard InChI is InChI=1S/C14H29N3/c1-13(2,10-16-11-14(15)6-7-14)12-4-8-17(3)9-5-12/h12,16H,4-11,15H2,1-3H3. The summed E-state index contributed by atoms with van der Waals surface area (Å²) in [7, 11) is 2.23. The zero-order valence-corrected chi connectivity index (χ0v) is 11.8. The van der Waals surface area contributed by atoms with Crippen molar-refractivity contribution in [1.82, 2.24) is 10.2 Å². The van der Waals surface area contributed by atoms with Gasteiger partial charge in [0, 0.05) is 18.6 Å². The summed E-state index contributed by atoms with van der Waals surface area (Å²) in [4.78, 5) is 2.44. The molecule has 1 aliphatic heterocycles. The van der Waals surface area contributed by atoms with Gasteiger partial charge in [-0.25, -0.2) is 0 Å². The van der Waals surface area contributed by atoms with E-state index in [0.717, 1.165) is 19.0 Å². The lowest BCUT2D eigenvalue weighted by atomic mass is 9.73. The van der Waals surface area contributed by atoms with Gasteiger partial charge in [0.15, 0.2) is 0 Å². The number of rotatable bonds is 5. The minimum atomic E-state index is 0.142. The second-order valence-corrected chi connectivity index (χ2v) is 7.03. The number of hydrogen-bond donors (Lipinski definition) is 2. The first kappa shape index (κ1) is 13.3. The maximum atomic E-state index is 6.10. The van der Waals surface area contributed by atoms with Crippen LogP contribution in [-0.2, 0) is 0 Å². The monoisotopic (exact) mass is 239 g/mol. The van der Waals surface area contributed by atoms with Crippen molar-refractivity contribution in [2.45, 2.75) is 45.1 Å². The maximum absolute atomic E-state index is 6.10. The molecule has 3 nitrogen and oxygen atoms in total. The summed E-state index contributed by atoms with van der Waals surface area (Å²) in [5, 5.41) is 3.60. The van der Waals surface area contributed by atoms with Crippen molar-refractivity contribution in [3.05, 3.63) is 0 Å². The van der Waals surface area contributed by atoms with Crippen LogP contribution < -0.4 is 11.1 Å². The molecule has 1 saturated carbocycles. The molecule has 0 bridgehead atoms. The van der Waals surface area contributed by atoms with Crippen LogP contribution in [0.1, 0.15) is 39.5 Å². The summed E-state index contributed by atoms with van der Waals surface area (Å²) in [6, 6.07) is 0. The Morgan fingerprint density at radius 1 is 1.29 bits per heavy atom. The Bertz CT molecular complexity index is 250. The zero-order chi connectivity index (χ0) is 12.5. The lowest BCUT2D eigenvalue weighted by Gasteiger charge is -2.40. The Kier molecular flexibility index (Phi) is 3.81. The fourth-order valence-electron chi connectivity index (χ4n) is 2.91. The summed E-state index contributed by atoms with van der Waals surface area (Å²) >= 11 is 0. The molecule has 0 unspecified atom stereocenters. The van der Waals surface area contributed by atoms with E-state index in [4.69, 9.17) is 5.73 Å². The van der Waals surface area contributed by atoms with Gasteiger partial charge in [0.2, 0.25) is 0 Å². The Morgan fingerprint density at radius 3 is 2.41 bits per heavy atom. The SMILES string of the molecule is CN1CCC(C(C)(C)CNCC2(N)CC2)CC1. The van der Waals surface area contributed by atoms with Gasteiger partial charge in [0.1, 0.15) is 0 Å². The van der Waals surface area contributed by atoms with E-state index in [1.807, 2.05) is 0 Å². The van der Waals surface area contributed by atoms with E-state index >= 15 is 0 Å². The highest BCUT2D eigenvalue weighted by atomic mass is 15.1. The van der Waals surface area contributed by atoms with E-state index < -0.39 is 0 Å². The molecule has 0 amide bonds. The Balaban J connectivity index is 1.73. The number of hydrogen-bond acceptors (Lipinski definition) is 3. The van der Waals surface area contributed by atoms with Gasteiger partial charge in [-0.2, -0.15) is 0 Å². The molecular formula is C14H29N3. The van der Waals surface area contributed by atoms with Crippen LogP contribution in [0.15, 0.2) is 0 Å². The molecule has 2 aliphatic rings. The molecule has 0 aromatic rings. The highest BCUT2D eigenvalue weighted by Gasteiger charge is 2.38. The van der Waals surface area contributed by atoms with Gasteiger partial charge < -0.3 is 16.0 Å². The largest absolute Gasteiger partial charge is 0.324 e. The molecule has 0 atom stereocenters. The van der Waals surface area contributed by atoms with Crippen molar-refractivity contribution in [1.29, 1.82) is 0 Å². The Labute approximate surface area is 106 Å². The lowest BCUT2D eigenvalue weighted by Crippen LogP contribution is -2.45. The van der Waals surface area contributed by atoms with Gasteiger partial charge in [0.05, 0.1) is 0 Å². The van der Waals surface area contributed by atoms with E-state index in [-0.39, 0.29) is 5.54 Å². The molecule has 3 heteroatoms. The maximum Gasteiger partial charge on any atom is 0.0282 e. The van der Waals surface area contributed by atoms with Crippen molar-refractivity contribution in [3.8, 4) is 0 Å². The molecule has 0 radical (unpaired) electrons. The second kappa shape index (κ2) is 4.87. The fourth-order valence-corrected chi connectivity index (χ4v) is 2.91. The van der Waals surface area contributed by atoms with Crippen LogP contribution in [0.25, 0.3) is 0 Å². The molecule has 0 aromatic carbocycles. The third-order valence-electron chi connectivity index (χ3n) is 4.77. The van der Waals surface area contributed by atoms with Crippen molar-refractivity contribution >= 4 is 0 Å². The summed E-state index contributed by atoms with van der Waals surface area (Å²) in [5.74, 6) is 0.860. The topological polar surface area (TPSA) is 41.3 Å². The molecule has 1 aliphatic carbocycles. The molecule has 3 N–H and O–H groups in total. The van der Waals surface area contributed by atoms with Gasteiger partial charge in [0.25, 0.3) is 0 Å². The van der Waals surface area contributed by atoms with Gasteiger partial charge >= 0.3 is 0 Å². The minimum absolute atomic E-state index is 0.142. The first-order valence-electron chi connectivity index (χ1n) is 7.09. The third kappa shape index (κ3) is 3.67. The summed E-state index contributed by atoms with van der Waals surface area (Å²) in [6.07, 6.45) is 5.10. The normalized spacial score (nSPS) is 26.1. The Morgan fingerprint density at radius 2 is 1.88 bits per heavy atom. The van der Waals surface area contributed by atoms with Gasteiger partial charge in [-0.15, -0.1) is 0 Å². The average Bonchev–Trinajstić information content (AvgIpc) is 2.97. The molecule has 0 spiro atoms. The quantitative estimate of drug-likeness (QED) is 0.763. The van der Waals surface area contributed by atoms with E-state index in [1.54, 1.807) is 0 Å². The van der Waals surface area contributed by atoms with Crippen LogP contribution in [0.3, 0.4) is 0 Å². The van der Waals surface area contributed by atoms with Crippen LogP contribution in [0.2, 0.25) is 0 Å². The Hall–Kier alpha value is -0.120. The van der Waals surface area contributed by atoms with Crippen LogP contribution in [0.4, 0.5) is 0 Å². The first-order valence-corrected chi connectivity index (χ1v) is 7.09. The lowest BCUT2D eigenvalue weighted by molar-refractivity contribution is 0.113.